The number of hydrogen-bond acceptors (Lipinski definition) is 5. The van der Waals surface area contributed by atoms with Gasteiger partial charge in [0.2, 0.25) is 5.91 Å². The molecule has 1 amide bonds. The van der Waals surface area contributed by atoms with Crippen molar-refractivity contribution in [3.8, 4) is 22.6 Å². The summed E-state index contributed by atoms with van der Waals surface area (Å²) in [5.41, 5.74) is 2.97. The van der Waals surface area contributed by atoms with Crippen LogP contribution < -0.4 is 10.1 Å². The third-order valence-corrected chi connectivity index (χ3v) is 5.65. The average molecular weight is 460 g/mol. The molecule has 166 valence electrons. The normalized spacial score (nSPS) is 10.6. The van der Waals surface area contributed by atoms with Gasteiger partial charge in [-0.2, -0.15) is 0 Å². The van der Waals surface area contributed by atoms with Crippen LogP contribution in [0, 0.1) is 5.82 Å². The molecular weight excluding hydrogens is 437 g/mol. The fourth-order valence-electron chi connectivity index (χ4n) is 3.28. The number of amides is 1. The average Bonchev–Trinajstić information content (AvgIpc) is 2.81. The van der Waals surface area contributed by atoms with Crippen molar-refractivity contribution in [1.82, 2.24) is 9.97 Å². The van der Waals surface area contributed by atoms with Gasteiger partial charge in [0, 0.05) is 46.2 Å². The fourth-order valence-corrected chi connectivity index (χ4v) is 3.94. The number of carbonyl (C=O) groups is 1. The quantitative estimate of drug-likeness (QED) is 0.310. The molecule has 3 aromatic carbocycles. The number of thioether (sulfide) groups is 1. The van der Waals surface area contributed by atoms with Crippen molar-refractivity contribution in [2.45, 2.75) is 18.2 Å². The molecule has 4 rings (SSSR count). The molecule has 0 spiro atoms. The molecule has 0 aliphatic rings. The summed E-state index contributed by atoms with van der Waals surface area (Å²) < 4.78 is 19.6. The van der Waals surface area contributed by atoms with Crippen LogP contribution in [0.4, 0.5) is 10.1 Å². The van der Waals surface area contributed by atoms with E-state index < -0.39 is 5.82 Å². The van der Waals surface area contributed by atoms with E-state index in [1.807, 2.05) is 30.3 Å². The summed E-state index contributed by atoms with van der Waals surface area (Å²) in [6, 6.07) is 19.2. The molecule has 0 fully saturated rings. The molecule has 1 aromatic heterocycles. The minimum atomic E-state index is -0.398. The first-order chi connectivity index (χ1) is 16.1. The summed E-state index contributed by atoms with van der Waals surface area (Å²) in [5.74, 6) is 1.27. The molecule has 0 saturated carbocycles. The maximum Gasteiger partial charge on any atom is 0.228 e. The lowest BCUT2D eigenvalue weighted by atomic mass is 10.1. The summed E-state index contributed by atoms with van der Waals surface area (Å²) >= 11 is 1.76. The van der Waals surface area contributed by atoms with E-state index in [0.29, 0.717) is 17.2 Å². The molecule has 0 aliphatic heterocycles. The molecular formula is C26H22FN3O2S. The molecule has 1 N–H and O–H groups in total. The molecule has 5 nitrogen and oxygen atoms in total. The zero-order valence-electron chi connectivity index (χ0n) is 18.0. The van der Waals surface area contributed by atoms with E-state index >= 15 is 0 Å². The summed E-state index contributed by atoms with van der Waals surface area (Å²) in [6.45, 7) is 2.11. The Morgan fingerprint density at radius 3 is 2.55 bits per heavy atom. The highest BCUT2D eigenvalue weighted by molar-refractivity contribution is 7.99. The van der Waals surface area contributed by atoms with Crippen LogP contribution in [0.5, 0.6) is 11.5 Å². The van der Waals surface area contributed by atoms with Crippen molar-refractivity contribution >= 4 is 23.4 Å². The minimum Gasteiger partial charge on any atom is -0.457 e. The van der Waals surface area contributed by atoms with Crippen LogP contribution in [0.2, 0.25) is 0 Å². The van der Waals surface area contributed by atoms with Crippen molar-refractivity contribution < 1.29 is 13.9 Å². The van der Waals surface area contributed by atoms with Crippen molar-refractivity contribution in [3.63, 3.8) is 0 Å². The number of nitrogens with one attached hydrogen (secondary N) is 1. The van der Waals surface area contributed by atoms with E-state index in [1.165, 1.54) is 23.4 Å². The van der Waals surface area contributed by atoms with Crippen LogP contribution in [0.1, 0.15) is 12.5 Å². The number of carbonyl (C=O) groups excluding carboxylic acids is 1. The molecule has 0 aliphatic carbocycles. The van der Waals surface area contributed by atoms with Crippen LogP contribution in [0.3, 0.4) is 0 Å². The highest BCUT2D eigenvalue weighted by Gasteiger charge is 2.12. The zero-order chi connectivity index (χ0) is 23.0. The Hall–Kier alpha value is -3.71. The monoisotopic (exact) mass is 459 g/mol. The number of rotatable bonds is 8. The van der Waals surface area contributed by atoms with Gasteiger partial charge in [0.15, 0.2) is 0 Å². The van der Waals surface area contributed by atoms with Crippen LogP contribution >= 0.6 is 11.8 Å². The highest BCUT2D eigenvalue weighted by Crippen LogP contribution is 2.35. The Morgan fingerprint density at radius 2 is 1.82 bits per heavy atom. The number of hydrogen-bond donors (Lipinski definition) is 1. The first-order valence-electron chi connectivity index (χ1n) is 10.4. The summed E-state index contributed by atoms with van der Waals surface area (Å²) in [7, 11) is 0. The Balaban J connectivity index is 1.55. The lowest BCUT2D eigenvalue weighted by Crippen LogP contribution is -2.14. The van der Waals surface area contributed by atoms with Gasteiger partial charge in [-0.3, -0.25) is 4.79 Å². The van der Waals surface area contributed by atoms with Crippen molar-refractivity contribution in [2.24, 2.45) is 0 Å². The first kappa shape index (κ1) is 22.5. The van der Waals surface area contributed by atoms with Crippen molar-refractivity contribution in [3.05, 3.63) is 96.8 Å². The molecule has 1 heterocycles. The predicted octanol–water partition coefficient (Wildman–Crippen LogP) is 6.37. The number of benzene rings is 3. The van der Waals surface area contributed by atoms with E-state index in [0.717, 1.165) is 22.4 Å². The first-order valence-corrected chi connectivity index (χ1v) is 11.4. The van der Waals surface area contributed by atoms with Gasteiger partial charge in [-0.05, 0) is 47.7 Å². The number of halogens is 1. The lowest BCUT2D eigenvalue weighted by molar-refractivity contribution is -0.115. The molecule has 0 unspecified atom stereocenters. The van der Waals surface area contributed by atoms with Gasteiger partial charge in [-0.15, -0.1) is 11.8 Å². The predicted molar refractivity (Wildman–Crippen MR) is 129 cm³/mol. The second-order valence-electron chi connectivity index (χ2n) is 7.20. The van der Waals surface area contributed by atoms with E-state index in [4.69, 9.17) is 4.74 Å². The van der Waals surface area contributed by atoms with Gasteiger partial charge >= 0.3 is 0 Å². The molecule has 0 radical (unpaired) electrons. The SMILES string of the molecule is CCSc1ccc(CC(=O)Nc2ccc(-c3cncnc3)c(Oc3cccc(F)c3)c2)cc1. The standard InChI is InChI=1S/C26H22FN3O2S/c1-2-33-23-9-6-18(7-10-23)12-26(31)30-21-8-11-24(19-15-28-17-29-16-19)25(14-21)32-22-5-3-4-20(27)13-22/h3-11,13-17H,2,12H2,1H3,(H,30,31). The number of anilines is 1. The maximum absolute atomic E-state index is 13.7. The smallest absolute Gasteiger partial charge is 0.228 e. The van der Waals surface area contributed by atoms with E-state index in [9.17, 15) is 9.18 Å². The minimum absolute atomic E-state index is 0.140. The fraction of sp³-hybridized carbons (Fsp3) is 0.115. The van der Waals surface area contributed by atoms with Gasteiger partial charge in [0.05, 0.1) is 6.42 Å². The van der Waals surface area contributed by atoms with Crippen LogP contribution in [-0.2, 0) is 11.2 Å². The molecule has 4 aromatic rings. The van der Waals surface area contributed by atoms with Crippen LogP contribution in [0.25, 0.3) is 11.1 Å². The lowest BCUT2D eigenvalue weighted by Gasteiger charge is -2.14. The third-order valence-electron chi connectivity index (χ3n) is 4.76. The molecule has 0 saturated heterocycles. The Kier molecular flexibility index (Phi) is 7.32. The number of aromatic nitrogens is 2. The largest absolute Gasteiger partial charge is 0.457 e. The summed E-state index contributed by atoms with van der Waals surface area (Å²) in [5, 5.41) is 2.92. The second-order valence-corrected chi connectivity index (χ2v) is 8.54. The van der Waals surface area contributed by atoms with Gasteiger partial charge in [-0.25, -0.2) is 14.4 Å². The number of nitrogens with zero attached hydrogens (tertiary/aromatic N) is 2. The van der Waals surface area contributed by atoms with Crippen LogP contribution in [0.15, 0.2) is 90.3 Å². The highest BCUT2D eigenvalue weighted by atomic mass is 32.2. The second kappa shape index (κ2) is 10.7. The number of ether oxygens (including phenoxy) is 1. The van der Waals surface area contributed by atoms with Gasteiger partial charge in [-0.1, -0.05) is 25.1 Å². The maximum atomic E-state index is 13.7. The van der Waals surface area contributed by atoms with Crippen molar-refractivity contribution in [1.29, 1.82) is 0 Å². The van der Waals surface area contributed by atoms with Gasteiger partial charge < -0.3 is 10.1 Å². The Bertz CT molecular complexity index is 1230. The van der Waals surface area contributed by atoms with Crippen LogP contribution in [-0.4, -0.2) is 21.6 Å². The Labute approximate surface area is 196 Å². The van der Waals surface area contributed by atoms with Gasteiger partial charge in [0.1, 0.15) is 23.6 Å². The molecule has 7 heteroatoms. The topological polar surface area (TPSA) is 64.1 Å². The van der Waals surface area contributed by atoms with Gasteiger partial charge in [0.25, 0.3) is 0 Å². The zero-order valence-corrected chi connectivity index (χ0v) is 18.8. The van der Waals surface area contributed by atoms with E-state index in [2.05, 4.69) is 22.2 Å². The summed E-state index contributed by atoms with van der Waals surface area (Å²) in [4.78, 5) is 21.9. The Morgan fingerprint density at radius 1 is 1.03 bits per heavy atom. The summed E-state index contributed by atoms with van der Waals surface area (Å²) in [6.07, 6.45) is 5.03. The molecule has 33 heavy (non-hydrogen) atoms. The molecule has 0 atom stereocenters. The van der Waals surface area contributed by atoms with E-state index in [1.54, 1.807) is 48.4 Å². The van der Waals surface area contributed by atoms with E-state index in [-0.39, 0.29) is 12.3 Å². The third kappa shape index (κ3) is 6.17. The van der Waals surface area contributed by atoms with Crippen molar-refractivity contribution in [2.75, 3.05) is 11.1 Å². The molecule has 0 bridgehead atoms.